The van der Waals surface area contributed by atoms with Crippen LogP contribution >= 0.6 is 24.0 Å². The van der Waals surface area contributed by atoms with Crippen LogP contribution in [-0.4, -0.2) is 56.8 Å². The molecule has 0 bridgehead atoms. The molecule has 2 N–H and O–H groups in total. The molecule has 0 amide bonds. The average Bonchev–Trinajstić information content (AvgIpc) is 3.51. The maximum absolute atomic E-state index is 12.8. The van der Waals surface area contributed by atoms with Crippen molar-refractivity contribution in [3.63, 3.8) is 0 Å². The Hall–Kier alpha value is -1.36. The Morgan fingerprint density at radius 3 is 2.62 bits per heavy atom. The van der Waals surface area contributed by atoms with Gasteiger partial charge in [-0.15, -0.1) is 24.0 Å². The zero-order chi connectivity index (χ0) is 20.5. The fourth-order valence-electron chi connectivity index (χ4n) is 2.83. The van der Waals surface area contributed by atoms with Crippen LogP contribution in [0.2, 0.25) is 0 Å². The first-order valence-corrected chi connectivity index (χ1v) is 9.81. The van der Waals surface area contributed by atoms with Crippen molar-refractivity contribution in [2.75, 3.05) is 27.2 Å². The summed E-state index contributed by atoms with van der Waals surface area (Å²) in [6, 6.07) is 6.05. The van der Waals surface area contributed by atoms with Crippen molar-refractivity contribution < 1.29 is 18.3 Å². The number of guanidine groups is 1. The number of hydrogen-bond acceptors (Lipinski definition) is 4. The number of nitrogens with one attached hydrogen (secondary N) is 2. The summed E-state index contributed by atoms with van der Waals surface area (Å²) in [5, 5.41) is 6.44. The zero-order valence-electron chi connectivity index (χ0n) is 17.6. The molecule has 6 nitrogen and oxygen atoms in total. The van der Waals surface area contributed by atoms with Gasteiger partial charge in [0.05, 0.1) is 6.61 Å². The minimum absolute atomic E-state index is 0. The number of nitrogens with zero attached hydrogens (tertiary/aromatic N) is 2. The molecule has 1 aliphatic carbocycles. The quantitative estimate of drug-likeness (QED) is 0.261. The molecule has 0 heterocycles. The second-order valence-electron chi connectivity index (χ2n) is 7.05. The van der Waals surface area contributed by atoms with Crippen molar-refractivity contribution in [3.05, 3.63) is 23.8 Å². The van der Waals surface area contributed by atoms with Gasteiger partial charge in [-0.2, -0.15) is 8.78 Å². The summed E-state index contributed by atoms with van der Waals surface area (Å²) in [5.74, 6) is 1.24. The number of alkyl halides is 2. The van der Waals surface area contributed by atoms with E-state index >= 15 is 0 Å². The number of hydrogen-bond donors (Lipinski definition) is 2. The lowest BCUT2D eigenvalue weighted by Gasteiger charge is -2.25. The summed E-state index contributed by atoms with van der Waals surface area (Å²) >= 11 is 0. The number of rotatable bonds is 11. The van der Waals surface area contributed by atoms with Crippen LogP contribution < -0.4 is 20.1 Å². The van der Waals surface area contributed by atoms with Crippen molar-refractivity contribution in [3.8, 4) is 11.5 Å². The minimum atomic E-state index is -2.89. The van der Waals surface area contributed by atoms with Gasteiger partial charge in [0.2, 0.25) is 0 Å². The third-order valence-electron chi connectivity index (χ3n) is 4.78. The first kappa shape index (κ1) is 25.7. The predicted octanol–water partition coefficient (Wildman–Crippen LogP) is 3.84. The zero-order valence-corrected chi connectivity index (χ0v) is 19.9. The molecule has 0 radical (unpaired) electrons. The van der Waals surface area contributed by atoms with Crippen LogP contribution in [-0.2, 0) is 6.54 Å². The minimum Gasteiger partial charge on any atom is -0.493 e. The van der Waals surface area contributed by atoms with Crippen molar-refractivity contribution in [2.45, 2.75) is 58.3 Å². The summed E-state index contributed by atoms with van der Waals surface area (Å²) in [6.07, 6.45) is 3.36. The maximum atomic E-state index is 12.8. The van der Waals surface area contributed by atoms with Gasteiger partial charge in [0, 0.05) is 43.9 Å². The largest absolute Gasteiger partial charge is 0.493 e. The van der Waals surface area contributed by atoms with Crippen molar-refractivity contribution in [1.29, 1.82) is 0 Å². The fourth-order valence-corrected chi connectivity index (χ4v) is 2.83. The van der Waals surface area contributed by atoms with E-state index in [9.17, 15) is 8.78 Å². The molecule has 166 valence electrons. The highest BCUT2D eigenvalue weighted by atomic mass is 127. The molecule has 0 aliphatic heterocycles. The molecular weight excluding hydrogens is 493 g/mol. The van der Waals surface area contributed by atoms with E-state index in [1.807, 2.05) is 6.92 Å². The summed E-state index contributed by atoms with van der Waals surface area (Å²) in [7, 11) is 3.82. The number of ether oxygens (including phenoxy) is 2. The normalized spacial score (nSPS) is 15.1. The van der Waals surface area contributed by atoms with Gasteiger partial charge in [-0.3, -0.25) is 9.89 Å². The summed E-state index contributed by atoms with van der Waals surface area (Å²) in [5.41, 5.74) is 0.607. The molecule has 1 aromatic rings. The second kappa shape index (κ2) is 13.0. The Labute approximate surface area is 189 Å². The smallest absolute Gasteiger partial charge is 0.387 e. The lowest BCUT2D eigenvalue weighted by molar-refractivity contribution is -0.0505. The summed E-state index contributed by atoms with van der Waals surface area (Å²) < 4.78 is 35.7. The lowest BCUT2D eigenvalue weighted by Crippen LogP contribution is -2.45. The molecule has 2 rings (SSSR count). The van der Waals surface area contributed by atoms with Gasteiger partial charge in [0.1, 0.15) is 11.5 Å². The predicted molar refractivity (Wildman–Crippen MR) is 123 cm³/mol. The van der Waals surface area contributed by atoms with E-state index in [1.165, 1.54) is 18.9 Å². The first-order chi connectivity index (χ1) is 13.4. The molecule has 1 atom stereocenters. The van der Waals surface area contributed by atoms with Crippen LogP contribution in [0.15, 0.2) is 23.2 Å². The lowest BCUT2D eigenvalue weighted by atomic mass is 10.2. The van der Waals surface area contributed by atoms with Gasteiger partial charge in [0.15, 0.2) is 5.96 Å². The Morgan fingerprint density at radius 1 is 1.31 bits per heavy atom. The van der Waals surface area contributed by atoms with Crippen molar-refractivity contribution in [2.24, 2.45) is 4.99 Å². The molecule has 1 aliphatic rings. The topological polar surface area (TPSA) is 58.1 Å². The van der Waals surface area contributed by atoms with Crippen LogP contribution in [0.1, 0.15) is 38.7 Å². The number of aliphatic imine (C=N–C) groups is 1. The van der Waals surface area contributed by atoms with Gasteiger partial charge in [-0.25, -0.2) is 0 Å². The SMILES string of the molecule is CCCOc1ccc(CNC(=NC)NCC(C)N(C)C2CC2)c(OC(F)F)c1.I. The van der Waals surface area contributed by atoms with Gasteiger partial charge in [0.25, 0.3) is 0 Å². The summed E-state index contributed by atoms with van der Waals surface area (Å²) in [4.78, 5) is 6.57. The van der Waals surface area contributed by atoms with E-state index in [-0.39, 0.29) is 29.7 Å². The third-order valence-corrected chi connectivity index (χ3v) is 4.78. The standard InChI is InChI=1S/C20H32F2N4O2.HI/c1-5-10-27-17-9-6-15(18(11-17)28-19(21)22)13-25-20(23-3)24-12-14(2)26(4)16-7-8-16;/h6,9,11,14,16,19H,5,7-8,10,12-13H2,1-4H3,(H2,23,24,25);1H. The van der Waals surface area contributed by atoms with Gasteiger partial charge in [-0.05, 0) is 45.4 Å². The molecule has 0 saturated heterocycles. The van der Waals surface area contributed by atoms with Crippen molar-refractivity contribution in [1.82, 2.24) is 15.5 Å². The van der Waals surface area contributed by atoms with Crippen LogP contribution in [0.5, 0.6) is 11.5 Å². The van der Waals surface area contributed by atoms with Crippen LogP contribution in [0.4, 0.5) is 8.78 Å². The van der Waals surface area contributed by atoms with Gasteiger partial charge in [-0.1, -0.05) is 6.92 Å². The average molecular weight is 526 g/mol. The first-order valence-electron chi connectivity index (χ1n) is 9.81. The number of likely N-dealkylation sites (N-methyl/N-ethyl adjacent to an activating group) is 1. The third kappa shape index (κ3) is 8.90. The Balaban J connectivity index is 0.00000420. The Kier molecular flexibility index (Phi) is 11.6. The number of benzene rings is 1. The molecule has 0 aromatic heterocycles. The number of halogens is 3. The molecule has 29 heavy (non-hydrogen) atoms. The molecular formula is C20H33F2IN4O2. The summed E-state index contributed by atoms with van der Waals surface area (Å²) in [6.45, 7) is 2.84. The Morgan fingerprint density at radius 2 is 2.03 bits per heavy atom. The van der Waals surface area contributed by atoms with E-state index in [2.05, 4.69) is 39.2 Å². The monoisotopic (exact) mass is 526 g/mol. The second-order valence-corrected chi connectivity index (χ2v) is 7.05. The molecule has 1 aromatic carbocycles. The molecule has 1 fully saturated rings. The van der Waals surface area contributed by atoms with E-state index < -0.39 is 6.61 Å². The highest BCUT2D eigenvalue weighted by molar-refractivity contribution is 14.0. The maximum Gasteiger partial charge on any atom is 0.387 e. The molecule has 9 heteroatoms. The fraction of sp³-hybridized carbons (Fsp3) is 0.650. The van der Waals surface area contributed by atoms with E-state index in [4.69, 9.17) is 4.74 Å². The molecule has 1 saturated carbocycles. The van der Waals surface area contributed by atoms with Crippen LogP contribution in [0.25, 0.3) is 0 Å². The van der Waals surface area contributed by atoms with Crippen molar-refractivity contribution >= 4 is 29.9 Å². The van der Waals surface area contributed by atoms with E-state index in [0.717, 1.165) is 13.0 Å². The van der Waals surface area contributed by atoms with E-state index in [0.29, 0.717) is 42.5 Å². The van der Waals surface area contributed by atoms with Gasteiger partial charge < -0.3 is 20.1 Å². The highest BCUT2D eigenvalue weighted by Gasteiger charge is 2.29. The molecule has 1 unspecified atom stereocenters. The Bertz CT molecular complexity index is 645. The van der Waals surface area contributed by atoms with Gasteiger partial charge >= 0.3 is 6.61 Å². The van der Waals surface area contributed by atoms with Crippen LogP contribution in [0, 0.1) is 0 Å². The highest BCUT2D eigenvalue weighted by Crippen LogP contribution is 2.27. The molecule has 0 spiro atoms. The van der Waals surface area contributed by atoms with E-state index in [1.54, 1.807) is 19.2 Å². The van der Waals surface area contributed by atoms with Crippen LogP contribution in [0.3, 0.4) is 0 Å².